The van der Waals surface area contributed by atoms with Gasteiger partial charge >= 0.3 is 0 Å². The van der Waals surface area contributed by atoms with E-state index in [0.717, 1.165) is 42.7 Å². The molecule has 20 heavy (non-hydrogen) atoms. The maximum atomic E-state index is 10.0. The molecule has 1 unspecified atom stereocenters. The van der Waals surface area contributed by atoms with Gasteiger partial charge in [-0.2, -0.15) is 0 Å². The molecule has 1 heterocycles. The Kier molecular flexibility index (Phi) is 3.97. The van der Waals surface area contributed by atoms with E-state index in [4.69, 9.17) is 4.74 Å². The summed E-state index contributed by atoms with van der Waals surface area (Å²) in [4.78, 5) is 4.27. The Balaban J connectivity index is 1.62. The normalized spacial score (nSPS) is 17.6. The van der Waals surface area contributed by atoms with Crippen molar-refractivity contribution >= 4 is 0 Å². The van der Waals surface area contributed by atoms with Crippen LogP contribution in [0.2, 0.25) is 0 Å². The van der Waals surface area contributed by atoms with Crippen molar-refractivity contribution < 1.29 is 9.84 Å². The number of rotatable bonds is 4. The van der Waals surface area contributed by atoms with E-state index < -0.39 is 0 Å². The molecule has 0 bridgehead atoms. The second-order valence-electron chi connectivity index (χ2n) is 5.19. The molecule has 3 rings (SSSR count). The summed E-state index contributed by atoms with van der Waals surface area (Å²) in [5.74, 6) is 0.834. The van der Waals surface area contributed by atoms with Crippen LogP contribution in [-0.2, 0) is 12.8 Å². The predicted molar refractivity (Wildman–Crippen MR) is 77.8 cm³/mol. The van der Waals surface area contributed by atoms with Crippen LogP contribution in [0, 0.1) is 0 Å². The highest BCUT2D eigenvalue weighted by molar-refractivity contribution is 5.38. The van der Waals surface area contributed by atoms with Crippen molar-refractivity contribution in [1.82, 2.24) is 4.98 Å². The summed E-state index contributed by atoms with van der Waals surface area (Å²) >= 11 is 0. The number of ether oxygens (including phenoxy) is 1. The third kappa shape index (κ3) is 2.99. The lowest BCUT2D eigenvalue weighted by molar-refractivity contribution is 0.156. The zero-order valence-electron chi connectivity index (χ0n) is 11.5. The molecule has 0 radical (unpaired) electrons. The third-order valence-corrected chi connectivity index (χ3v) is 3.75. The van der Waals surface area contributed by atoms with Gasteiger partial charge in [0.25, 0.3) is 0 Å². The Morgan fingerprint density at radius 1 is 1.25 bits per heavy atom. The number of nitrogens with zero attached hydrogens (tertiary/aromatic N) is 1. The SMILES string of the molecule is OC1CCCc2ccc(OCCc3ccccn3)cc21. The van der Waals surface area contributed by atoms with Crippen molar-refractivity contribution in [2.45, 2.75) is 31.8 Å². The number of aliphatic hydroxyl groups is 1. The molecule has 1 N–H and O–H groups in total. The zero-order valence-corrected chi connectivity index (χ0v) is 11.5. The summed E-state index contributed by atoms with van der Waals surface area (Å²) in [7, 11) is 0. The average molecular weight is 269 g/mol. The van der Waals surface area contributed by atoms with Crippen LogP contribution >= 0.6 is 0 Å². The van der Waals surface area contributed by atoms with Crippen molar-refractivity contribution in [2.24, 2.45) is 0 Å². The number of aromatic nitrogens is 1. The molecular weight excluding hydrogens is 250 g/mol. The van der Waals surface area contributed by atoms with E-state index in [9.17, 15) is 5.11 Å². The molecule has 0 aliphatic heterocycles. The third-order valence-electron chi connectivity index (χ3n) is 3.75. The number of pyridine rings is 1. The second-order valence-corrected chi connectivity index (χ2v) is 5.19. The molecule has 3 heteroatoms. The summed E-state index contributed by atoms with van der Waals surface area (Å²) in [5.41, 5.74) is 3.32. The van der Waals surface area contributed by atoms with E-state index in [1.165, 1.54) is 5.56 Å². The van der Waals surface area contributed by atoms with Gasteiger partial charge < -0.3 is 9.84 Å². The molecule has 0 saturated heterocycles. The average Bonchev–Trinajstić information content (AvgIpc) is 2.49. The summed E-state index contributed by atoms with van der Waals surface area (Å²) in [6, 6.07) is 12.0. The molecule has 0 saturated carbocycles. The van der Waals surface area contributed by atoms with Crippen molar-refractivity contribution in [2.75, 3.05) is 6.61 Å². The lowest BCUT2D eigenvalue weighted by Crippen LogP contribution is -2.10. The zero-order chi connectivity index (χ0) is 13.8. The van der Waals surface area contributed by atoms with Gasteiger partial charge in [-0.05, 0) is 54.7 Å². The molecule has 1 aliphatic carbocycles. The minimum Gasteiger partial charge on any atom is -0.493 e. The Bertz CT molecular complexity index is 568. The van der Waals surface area contributed by atoms with Crippen molar-refractivity contribution in [3.63, 3.8) is 0 Å². The topological polar surface area (TPSA) is 42.4 Å². The highest BCUT2D eigenvalue weighted by Crippen LogP contribution is 2.32. The van der Waals surface area contributed by atoms with Gasteiger partial charge in [-0.25, -0.2) is 0 Å². The van der Waals surface area contributed by atoms with Crippen LogP contribution in [0.25, 0.3) is 0 Å². The van der Waals surface area contributed by atoms with Gasteiger partial charge in [-0.15, -0.1) is 0 Å². The summed E-state index contributed by atoms with van der Waals surface area (Å²) in [5, 5.41) is 10.0. The number of hydrogen-bond donors (Lipinski definition) is 1. The van der Waals surface area contributed by atoms with Crippen LogP contribution in [-0.4, -0.2) is 16.7 Å². The van der Waals surface area contributed by atoms with E-state index in [1.807, 2.05) is 30.3 Å². The first kappa shape index (κ1) is 13.1. The van der Waals surface area contributed by atoms with E-state index in [0.29, 0.717) is 6.61 Å². The first-order chi connectivity index (χ1) is 9.83. The van der Waals surface area contributed by atoms with Crippen LogP contribution in [0.15, 0.2) is 42.6 Å². The fourth-order valence-corrected chi connectivity index (χ4v) is 2.66. The van der Waals surface area contributed by atoms with Gasteiger partial charge in [0.15, 0.2) is 0 Å². The van der Waals surface area contributed by atoms with Crippen molar-refractivity contribution in [3.8, 4) is 5.75 Å². The quantitative estimate of drug-likeness (QED) is 0.927. The van der Waals surface area contributed by atoms with Gasteiger partial charge in [-0.3, -0.25) is 4.98 Å². The van der Waals surface area contributed by atoms with Gasteiger partial charge in [-0.1, -0.05) is 12.1 Å². The van der Waals surface area contributed by atoms with Crippen LogP contribution in [0.1, 0.15) is 35.8 Å². The predicted octanol–water partition coefficient (Wildman–Crippen LogP) is 3.07. The largest absolute Gasteiger partial charge is 0.493 e. The fourth-order valence-electron chi connectivity index (χ4n) is 2.66. The number of aliphatic hydroxyl groups excluding tert-OH is 1. The van der Waals surface area contributed by atoms with E-state index >= 15 is 0 Å². The minimum atomic E-state index is -0.335. The maximum Gasteiger partial charge on any atom is 0.119 e. The minimum absolute atomic E-state index is 0.335. The standard InChI is InChI=1S/C17H19NO2/c19-17-6-3-4-13-7-8-15(12-16(13)17)20-11-9-14-5-1-2-10-18-14/h1-2,5,7-8,10,12,17,19H,3-4,6,9,11H2. The molecule has 0 fully saturated rings. The Morgan fingerprint density at radius 3 is 3.05 bits per heavy atom. The van der Waals surface area contributed by atoms with E-state index in [-0.39, 0.29) is 6.10 Å². The van der Waals surface area contributed by atoms with Crippen molar-refractivity contribution in [1.29, 1.82) is 0 Å². The lowest BCUT2D eigenvalue weighted by atomic mass is 9.89. The summed E-state index contributed by atoms with van der Waals surface area (Å²) in [6.45, 7) is 0.603. The molecule has 3 nitrogen and oxygen atoms in total. The first-order valence-corrected chi connectivity index (χ1v) is 7.16. The maximum absolute atomic E-state index is 10.0. The van der Waals surface area contributed by atoms with Crippen LogP contribution in [0.4, 0.5) is 0 Å². The van der Waals surface area contributed by atoms with Gasteiger partial charge in [0.2, 0.25) is 0 Å². The fraction of sp³-hybridized carbons (Fsp3) is 0.353. The molecule has 0 amide bonds. The van der Waals surface area contributed by atoms with Crippen molar-refractivity contribution in [3.05, 3.63) is 59.4 Å². The smallest absolute Gasteiger partial charge is 0.119 e. The van der Waals surface area contributed by atoms with Crippen LogP contribution < -0.4 is 4.74 Å². The molecule has 1 aliphatic rings. The van der Waals surface area contributed by atoms with Crippen LogP contribution in [0.3, 0.4) is 0 Å². The number of aryl methyl sites for hydroxylation is 1. The Hall–Kier alpha value is -1.87. The Morgan fingerprint density at radius 2 is 2.20 bits per heavy atom. The lowest BCUT2D eigenvalue weighted by Gasteiger charge is -2.22. The van der Waals surface area contributed by atoms with Gasteiger partial charge in [0, 0.05) is 18.3 Å². The monoisotopic (exact) mass is 269 g/mol. The van der Waals surface area contributed by atoms with Gasteiger partial charge in [0.1, 0.15) is 5.75 Å². The molecule has 2 aromatic rings. The van der Waals surface area contributed by atoms with Crippen LogP contribution in [0.5, 0.6) is 5.75 Å². The molecule has 1 aromatic heterocycles. The molecule has 104 valence electrons. The first-order valence-electron chi connectivity index (χ1n) is 7.16. The van der Waals surface area contributed by atoms with Gasteiger partial charge in [0.05, 0.1) is 12.7 Å². The molecular formula is C17H19NO2. The number of hydrogen-bond acceptors (Lipinski definition) is 3. The van der Waals surface area contributed by atoms with E-state index in [1.54, 1.807) is 6.20 Å². The summed E-state index contributed by atoms with van der Waals surface area (Å²) < 4.78 is 5.77. The number of benzene rings is 1. The second kappa shape index (κ2) is 6.06. The molecule has 1 aromatic carbocycles. The number of fused-ring (bicyclic) bond motifs is 1. The molecule has 1 atom stereocenters. The highest BCUT2D eigenvalue weighted by Gasteiger charge is 2.18. The Labute approximate surface area is 119 Å². The summed E-state index contributed by atoms with van der Waals surface area (Å²) in [6.07, 6.45) is 5.22. The molecule has 0 spiro atoms. The van der Waals surface area contributed by atoms with E-state index in [2.05, 4.69) is 11.1 Å². The highest BCUT2D eigenvalue weighted by atomic mass is 16.5.